The number of ether oxygens (including phenoxy) is 1. The first-order chi connectivity index (χ1) is 12.5. The van der Waals surface area contributed by atoms with Crippen LogP contribution >= 0.6 is 35.7 Å². The summed E-state index contributed by atoms with van der Waals surface area (Å²) in [6, 6.07) is 3.93. The molecule has 0 aliphatic carbocycles. The molecular formula is C20H36IN3O2S. The van der Waals surface area contributed by atoms with Gasteiger partial charge >= 0.3 is 0 Å². The predicted octanol–water partition coefficient (Wildman–Crippen LogP) is 4.18. The largest absolute Gasteiger partial charge is 0.469 e. The zero-order valence-corrected chi connectivity index (χ0v) is 20.3. The van der Waals surface area contributed by atoms with Gasteiger partial charge in [-0.15, -0.1) is 24.0 Å². The van der Waals surface area contributed by atoms with Crippen molar-refractivity contribution in [3.63, 3.8) is 0 Å². The van der Waals surface area contributed by atoms with Crippen molar-refractivity contribution in [2.45, 2.75) is 46.1 Å². The highest BCUT2D eigenvalue weighted by Gasteiger charge is 2.35. The average molecular weight is 509 g/mol. The van der Waals surface area contributed by atoms with E-state index in [9.17, 15) is 0 Å². The smallest absolute Gasteiger partial charge is 0.191 e. The highest BCUT2D eigenvalue weighted by atomic mass is 127. The molecule has 2 unspecified atom stereocenters. The van der Waals surface area contributed by atoms with E-state index in [1.54, 1.807) is 6.26 Å². The Bertz CT molecular complexity index is 532. The van der Waals surface area contributed by atoms with Gasteiger partial charge in [-0.2, -0.15) is 11.8 Å². The lowest BCUT2D eigenvalue weighted by atomic mass is 9.78. The van der Waals surface area contributed by atoms with Gasteiger partial charge in [0, 0.05) is 44.3 Å². The molecule has 1 aliphatic rings. The van der Waals surface area contributed by atoms with E-state index in [0.717, 1.165) is 56.6 Å². The molecular weight excluding hydrogens is 473 g/mol. The van der Waals surface area contributed by atoms with Crippen molar-refractivity contribution in [2.24, 2.45) is 16.3 Å². The lowest BCUT2D eigenvalue weighted by Gasteiger charge is -2.39. The van der Waals surface area contributed by atoms with Crippen molar-refractivity contribution in [1.29, 1.82) is 0 Å². The molecule has 1 aliphatic heterocycles. The van der Waals surface area contributed by atoms with E-state index >= 15 is 0 Å². The lowest BCUT2D eigenvalue weighted by Crippen LogP contribution is -2.43. The number of thioether (sulfide) groups is 1. The van der Waals surface area contributed by atoms with Crippen molar-refractivity contribution >= 4 is 41.7 Å². The van der Waals surface area contributed by atoms with Crippen LogP contribution in [0.2, 0.25) is 0 Å². The van der Waals surface area contributed by atoms with Gasteiger partial charge in [-0.25, -0.2) is 0 Å². The molecule has 0 bridgehead atoms. The Balaban J connectivity index is 0.00000364. The van der Waals surface area contributed by atoms with Crippen LogP contribution in [0.1, 0.15) is 39.4 Å². The number of nitrogens with zero attached hydrogens (tertiary/aromatic N) is 1. The lowest BCUT2D eigenvalue weighted by molar-refractivity contribution is -0.0823. The fourth-order valence-corrected chi connectivity index (χ4v) is 3.71. The van der Waals surface area contributed by atoms with Crippen LogP contribution in [0.5, 0.6) is 0 Å². The summed E-state index contributed by atoms with van der Waals surface area (Å²) in [4.78, 5) is 4.88. The molecule has 156 valence electrons. The Morgan fingerprint density at radius 1 is 1.30 bits per heavy atom. The summed E-state index contributed by atoms with van der Waals surface area (Å²) >= 11 is 1.84. The van der Waals surface area contributed by atoms with Crippen molar-refractivity contribution in [3.8, 4) is 0 Å². The van der Waals surface area contributed by atoms with E-state index in [-0.39, 0.29) is 35.5 Å². The average Bonchev–Trinajstić information content (AvgIpc) is 3.12. The molecule has 0 amide bonds. The number of nitrogens with one attached hydrogen (secondary N) is 2. The monoisotopic (exact) mass is 509 g/mol. The minimum absolute atomic E-state index is 0. The van der Waals surface area contributed by atoms with Crippen LogP contribution in [0.15, 0.2) is 27.8 Å². The third-order valence-electron chi connectivity index (χ3n) is 4.62. The molecule has 0 aromatic carbocycles. The van der Waals surface area contributed by atoms with Gasteiger partial charge in [-0.3, -0.25) is 4.99 Å². The summed E-state index contributed by atoms with van der Waals surface area (Å²) in [7, 11) is 0. The van der Waals surface area contributed by atoms with Crippen LogP contribution in [-0.2, 0) is 11.2 Å². The fourth-order valence-electron chi connectivity index (χ4n) is 3.40. The maximum absolute atomic E-state index is 6.09. The Morgan fingerprint density at radius 2 is 2.07 bits per heavy atom. The molecule has 0 spiro atoms. The molecule has 5 nitrogen and oxygen atoms in total. The number of guanidine groups is 1. The van der Waals surface area contributed by atoms with Gasteiger partial charge in [-0.1, -0.05) is 20.8 Å². The first kappa shape index (κ1) is 24.6. The van der Waals surface area contributed by atoms with Crippen LogP contribution in [0.3, 0.4) is 0 Å². The van der Waals surface area contributed by atoms with Crippen molar-refractivity contribution < 1.29 is 9.15 Å². The predicted molar refractivity (Wildman–Crippen MR) is 126 cm³/mol. The van der Waals surface area contributed by atoms with Gasteiger partial charge in [0.1, 0.15) is 5.76 Å². The maximum Gasteiger partial charge on any atom is 0.191 e. The highest BCUT2D eigenvalue weighted by Crippen LogP contribution is 2.34. The minimum atomic E-state index is 0. The molecule has 0 radical (unpaired) electrons. The van der Waals surface area contributed by atoms with Crippen LogP contribution in [0.25, 0.3) is 0 Å². The molecule has 2 N–H and O–H groups in total. The maximum atomic E-state index is 6.09. The Kier molecular flexibility index (Phi) is 11.8. The summed E-state index contributed by atoms with van der Waals surface area (Å²) < 4.78 is 11.5. The summed E-state index contributed by atoms with van der Waals surface area (Å²) in [5.41, 5.74) is 0.153. The number of furan rings is 1. The summed E-state index contributed by atoms with van der Waals surface area (Å²) in [6.45, 7) is 10.2. The van der Waals surface area contributed by atoms with E-state index < -0.39 is 0 Å². The van der Waals surface area contributed by atoms with Crippen molar-refractivity contribution in [1.82, 2.24) is 10.6 Å². The first-order valence-electron chi connectivity index (χ1n) is 9.66. The number of aliphatic imine (C=N–C) groups is 1. The third-order valence-corrected chi connectivity index (χ3v) is 5.24. The van der Waals surface area contributed by atoms with Gasteiger partial charge < -0.3 is 19.8 Å². The number of rotatable bonds is 8. The molecule has 0 saturated carbocycles. The SMILES string of the molecule is CSCCNC(=NCC1CCCOC1C(C)(C)C)NCCc1ccco1.I. The van der Waals surface area contributed by atoms with Gasteiger partial charge in [0.2, 0.25) is 0 Å². The van der Waals surface area contributed by atoms with E-state index in [1.165, 1.54) is 6.42 Å². The number of halogens is 1. The topological polar surface area (TPSA) is 58.8 Å². The van der Waals surface area contributed by atoms with E-state index in [2.05, 4.69) is 37.7 Å². The zero-order chi connectivity index (χ0) is 18.8. The van der Waals surface area contributed by atoms with Crippen molar-refractivity contribution in [3.05, 3.63) is 24.2 Å². The van der Waals surface area contributed by atoms with E-state index in [1.807, 2.05) is 23.9 Å². The fraction of sp³-hybridized carbons (Fsp3) is 0.750. The normalized spacial score (nSPS) is 20.8. The standard InChI is InChI=1S/C20H35N3O2S.HI/c1-20(2,3)18-16(7-5-13-25-18)15-23-19(22-11-14-26-4)21-10-9-17-8-6-12-24-17;/h6,8,12,16,18H,5,7,9-11,13-15H2,1-4H3,(H2,21,22,23);1H. The molecule has 2 rings (SSSR count). The quantitative estimate of drug-likeness (QED) is 0.238. The zero-order valence-electron chi connectivity index (χ0n) is 17.1. The highest BCUT2D eigenvalue weighted by molar-refractivity contribution is 14.0. The molecule has 1 fully saturated rings. The van der Waals surface area contributed by atoms with Crippen LogP contribution in [0.4, 0.5) is 0 Å². The van der Waals surface area contributed by atoms with E-state index in [0.29, 0.717) is 5.92 Å². The summed E-state index contributed by atoms with van der Waals surface area (Å²) in [5, 5.41) is 6.88. The molecule has 7 heteroatoms. The van der Waals surface area contributed by atoms with Gasteiger partial charge in [0.05, 0.1) is 12.4 Å². The van der Waals surface area contributed by atoms with Crippen molar-refractivity contribution in [2.75, 3.05) is 38.2 Å². The number of hydrogen-bond donors (Lipinski definition) is 2. The molecule has 27 heavy (non-hydrogen) atoms. The van der Waals surface area contributed by atoms with E-state index in [4.69, 9.17) is 14.1 Å². The Hall–Kier alpha value is -0.410. The molecule has 1 saturated heterocycles. The van der Waals surface area contributed by atoms with Crippen LogP contribution < -0.4 is 10.6 Å². The Morgan fingerprint density at radius 3 is 2.74 bits per heavy atom. The molecule has 2 atom stereocenters. The second-order valence-corrected chi connectivity index (χ2v) is 8.91. The minimum Gasteiger partial charge on any atom is -0.469 e. The molecule has 1 aromatic rings. The third kappa shape index (κ3) is 9.09. The van der Waals surface area contributed by atoms with Crippen LogP contribution in [-0.4, -0.2) is 50.3 Å². The summed E-state index contributed by atoms with van der Waals surface area (Å²) in [5.74, 6) is 3.43. The second kappa shape index (κ2) is 12.9. The van der Waals surface area contributed by atoms with Gasteiger partial charge in [0.25, 0.3) is 0 Å². The summed E-state index contributed by atoms with van der Waals surface area (Å²) in [6.07, 6.45) is 7.29. The molecule has 1 aromatic heterocycles. The molecule has 2 heterocycles. The van der Waals surface area contributed by atoms with Gasteiger partial charge in [0.15, 0.2) is 5.96 Å². The van der Waals surface area contributed by atoms with Gasteiger partial charge in [-0.05, 0) is 36.6 Å². The Labute approximate surface area is 185 Å². The number of hydrogen-bond acceptors (Lipinski definition) is 4. The van der Waals surface area contributed by atoms with Crippen LogP contribution in [0, 0.1) is 11.3 Å². The first-order valence-corrected chi connectivity index (χ1v) is 11.0. The second-order valence-electron chi connectivity index (χ2n) is 7.92.